The van der Waals surface area contributed by atoms with Crippen LogP contribution in [-0.4, -0.2) is 5.25 Å². The molecule has 4 unspecified atom stereocenters. The summed E-state index contributed by atoms with van der Waals surface area (Å²) in [5, 5.41) is 0.401. The van der Waals surface area contributed by atoms with E-state index in [1.165, 1.54) is 37.0 Å². The summed E-state index contributed by atoms with van der Waals surface area (Å²) < 4.78 is 0. The molecule has 2 heteroatoms. The van der Waals surface area contributed by atoms with Crippen LogP contribution >= 0.6 is 23.5 Å². The molecule has 196 valence electrons. The van der Waals surface area contributed by atoms with Gasteiger partial charge in [-0.05, 0) is 76.3 Å². The van der Waals surface area contributed by atoms with Crippen LogP contribution in [0.2, 0.25) is 0 Å². The number of fused-ring (bicyclic) bond motifs is 7. The lowest BCUT2D eigenvalue weighted by Crippen LogP contribution is -2.44. The minimum absolute atomic E-state index is 0.283. The van der Waals surface area contributed by atoms with Crippen molar-refractivity contribution in [2.24, 2.45) is 5.92 Å². The van der Waals surface area contributed by atoms with E-state index in [1.807, 2.05) is 11.8 Å². The van der Waals surface area contributed by atoms with E-state index in [-0.39, 0.29) is 5.41 Å². The van der Waals surface area contributed by atoms with E-state index in [1.54, 1.807) is 16.7 Å². The first-order valence-corrected chi connectivity index (χ1v) is 16.3. The second-order valence-electron chi connectivity index (χ2n) is 11.4. The minimum Gasteiger partial charge on any atom is -0.118 e. The van der Waals surface area contributed by atoms with Crippen LogP contribution in [0, 0.1) is 5.92 Å². The zero-order chi connectivity index (χ0) is 26.7. The van der Waals surface area contributed by atoms with Gasteiger partial charge in [0.25, 0.3) is 0 Å². The fourth-order valence-corrected chi connectivity index (χ4v) is 10.4. The SMILES string of the molecule is CC1C=CC=CC1c1cccc2c1C1(C3=C(C=CCC3)Sc3ccccc31)C1=C(c3ccccc3)C=CCC1S2. The number of benzene rings is 3. The molecule has 5 aliphatic rings. The Morgan fingerprint density at radius 3 is 2.52 bits per heavy atom. The zero-order valence-electron chi connectivity index (χ0n) is 22.7. The first kappa shape index (κ1) is 24.6. The summed E-state index contributed by atoms with van der Waals surface area (Å²) in [6, 6.07) is 27.6. The highest BCUT2D eigenvalue weighted by Gasteiger charge is 2.55. The Kier molecular flexibility index (Phi) is 5.97. The quantitative estimate of drug-likeness (QED) is 0.310. The van der Waals surface area contributed by atoms with Gasteiger partial charge in [-0.1, -0.05) is 128 Å². The summed E-state index contributed by atoms with van der Waals surface area (Å²) in [7, 11) is 0. The zero-order valence-corrected chi connectivity index (χ0v) is 24.3. The molecule has 2 aliphatic heterocycles. The van der Waals surface area contributed by atoms with Gasteiger partial charge in [-0.2, -0.15) is 0 Å². The van der Waals surface area contributed by atoms with Crippen LogP contribution in [0.25, 0.3) is 5.57 Å². The maximum Gasteiger partial charge on any atom is 0.0680 e. The highest BCUT2D eigenvalue weighted by atomic mass is 32.2. The van der Waals surface area contributed by atoms with Crippen LogP contribution in [0.3, 0.4) is 0 Å². The van der Waals surface area contributed by atoms with Crippen LogP contribution in [0.1, 0.15) is 54.4 Å². The first-order valence-electron chi connectivity index (χ1n) is 14.6. The predicted octanol–water partition coefficient (Wildman–Crippen LogP) is 10.4. The second kappa shape index (κ2) is 9.72. The molecule has 3 aromatic rings. The molecule has 0 fully saturated rings. The van der Waals surface area contributed by atoms with Crippen molar-refractivity contribution >= 4 is 29.1 Å². The lowest BCUT2D eigenvalue weighted by molar-refractivity contribution is 0.568. The molecule has 3 aliphatic carbocycles. The highest BCUT2D eigenvalue weighted by Crippen LogP contribution is 2.66. The molecule has 2 heterocycles. The Morgan fingerprint density at radius 1 is 0.800 bits per heavy atom. The van der Waals surface area contributed by atoms with Crippen LogP contribution in [-0.2, 0) is 5.41 Å². The summed E-state index contributed by atoms with van der Waals surface area (Å²) in [6.45, 7) is 2.38. The van der Waals surface area contributed by atoms with Crippen molar-refractivity contribution in [1.82, 2.24) is 0 Å². The van der Waals surface area contributed by atoms with E-state index in [0.29, 0.717) is 17.1 Å². The van der Waals surface area contributed by atoms with Crippen LogP contribution in [0.4, 0.5) is 0 Å². The highest BCUT2D eigenvalue weighted by molar-refractivity contribution is 8.03. The Hall–Kier alpha value is -3.20. The average Bonchev–Trinajstić information content (AvgIpc) is 3.01. The standard InChI is InChI=1S/C38H32S2/c1-25-13-5-6-16-27(25)29-18-12-24-35-37(29)38(30-19-7-9-21-32(30)39-33-22-10-8-20-31(33)38)36-28(17-11-23-34(36)40-35)26-14-3-2-4-15-26/h2-7,9-19,21-22,24-25,27,34H,8,20,23H2,1H3. The maximum absolute atomic E-state index is 2.45. The van der Waals surface area contributed by atoms with E-state index >= 15 is 0 Å². The number of thioether (sulfide) groups is 2. The fraction of sp³-hybridized carbons (Fsp3) is 0.211. The van der Waals surface area contributed by atoms with Gasteiger partial charge in [0.1, 0.15) is 0 Å². The molecule has 0 amide bonds. The van der Waals surface area contributed by atoms with Gasteiger partial charge in [-0.15, -0.1) is 11.8 Å². The van der Waals surface area contributed by atoms with E-state index in [9.17, 15) is 0 Å². The van der Waals surface area contributed by atoms with Gasteiger partial charge < -0.3 is 0 Å². The topological polar surface area (TPSA) is 0 Å². The molecule has 0 bridgehead atoms. The van der Waals surface area contributed by atoms with Crippen molar-refractivity contribution < 1.29 is 0 Å². The Labute approximate surface area is 246 Å². The molecular formula is C38H32S2. The molecule has 0 saturated carbocycles. The van der Waals surface area contributed by atoms with E-state index in [2.05, 4.69) is 140 Å². The Morgan fingerprint density at radius 2 is 1.62 bits per heavy atom. The summed E-state index contributed by atoms with van der Waals surface area (Å²) in [4.78, 5) is 4.32. The molecule has 0 nitrogen and oxygen atoms in total. The molecule has 0 radical (unpaired) electrons. The third-order valence-corrected chi connectivity index (χ3v) is 11.8. The molecule has 4 atom stereocenters. The fourth-order valence-electron chi connectivity index (χ4n) is 7.68. The van der Waals surface area contributed by atoms with Crippen molar-refractivity contribution in [3.05, 3.63) is 160 Å². The lowest BCUT2D eigenvalue weighted by Gasteiger charge is -2.53. The molecule has 0 saturated heterocycles. The molecular weight excluding hydrogens is 521 g/mol. The molecule has 0 N–H and O–H groups in total. The summed E-state index contributed by atoms with van der Waals surface area (Å²) in [5.74, 6) is 0.816. The van der Waals surface area contributed by atoms with Gasteiger partial charge in [-0.3, -0.25) is 0 Å². The number of rotatable bonds is 2. The summed E-state index contributed by atoms with van der Waals surface area (Å²) in [5.41, 5.74) is 10.2. The van der Waals surface area contributed by atoms with E-state index in [4.69, 9.17) is 0 Å². The third kappa shape index (κ3) is 3.55. The second-order valence-corrected chi connectivity index (χ2v) is 13.8. The van der Waals surface area contributed by atoms with Gasteiger partial charge in [0.15, 0.2) is 0 Å². The molecule has 8 rings (SSSR count). The number of hydrogen-bond acceptors (Lipinski definition) is 2. The van der Waals surface area contributed by atoms with E-state index in [0.717, 1.165) is 19.3 Å². The third-order valence-electron chi connectivity index (χ3n) is 9.30. The molecule has 1 spiro atoms. The molecule has 0 aromatic heterocycles. The van der Waals surface area contributed by atoms with Crippen molar-refractivity contribution in [2.75, 3.05) is 0 Å². The molecule has 3 aromatic carbocycles. The summed E-state index contributed by atoms with van der Waals surface area (Å²) >= 11 is 4.08. The maximum atomic E-state index is 2.45. The average molecular weight is 553 g/mol. The van der Waals surface area contributed by atoms with E-state index < -0.39 is 0 Å². The number of hydrogen-bond donors (Lipinski definition) is 0. The Balaban J connectivity index is 1.56. The van der Waals surface area contributed by atoms with Gasteiger partial charge in [0.2, 0.25) is 0 Å². The van der Waals surface area contributed by atoms with Crippen molar-refractivity contribution in [3.8, 4) is 0 Å². The smallest absolute Gasteiger partial charge is 0.0680 e. The molecule has 40 heavy (non-hydrogen) atoms. The van der Waals surface area contributed by atoms with Crippen molar-refractivity contribution in [2.45, 2.75) is 52.6 Å². The van der Waals surface area contributed by atoms with Gasteiger partial charge >= 0.3 is 0 Å². The Bertz CT molecular complexity index is 1700. The normalized spacial score (nSPS) is 27.9. The predicted molar refractivity (Wildman–Crippen MR) is 172 cm³/mol. The van der Waals surface area contributed by atoms with Gasteiger partial charge in [-0.25, -0.2) is 0 Å². The van der Waals surface area contributed by atoms with Crippen molar-refractivity contribution in [1.29, 1.82) is 0 Å². The van der Waals surface area contributed by atoms with Crippen LogP contribution in [0.5, 0.6) is 0 Å². The minimum atomic E-state index is -0.283. The largest absolute Gasteiger partial charge is 0.118 e. The monoisotopic (exact) mass is 552 g/mol. The first-order chi connectivity index (χ1) is 19.8. The van der Waals surface area contributed by atoms with Crippen LogP contribution in [0.15, 0.2) is 147 Å². The van der Waals surface area contributed by atoms with Crippen LogP contribution < -0.4 is 0 Å². The lowest BCUT2D eigenvalue weighted by atomic mass is 9.57. The van der Waals surface area contributed by atoms with Crippen molar-refractivity contribution in [3.63, 3.8) is 0 Å². The van der Waals surface area contributed by atoms with Gasteiger partial charge in [0.05, 0.1) is 5.41 Å². The number of allylic oxidation sites excluding steroid dienone is 10. The van der Waals surface area contributed by atoms with Gasteiger partial charge in [0, 0.05) is 25.9 Å². The summed E-state index contributed by atoms with van der Waals surface area (Å²) in [6.07, 6.45) is 22.2.